The molecule has 4 nitrogen and oxygen atoms in total. The van der Waals surface area contributed by atoms with Gasteiger partial charge < -0.3 is 4.74 Å². The molecule has 0 amide bonds. The zero-order valence-corrected chi connectivity index (χ0v) is 12.6. The second kappa shape index (κ2) is 6.87. The topological polar surface area (TPSA) is 30.3 Å². The number of rotatable bonds is 6. The lowest BCUT2D eigenvalue weighted by atomic mass is 10.1. The van der Waals surface area contributed by atoms with Crippen LogP contribution in [0.2, 0.25) is 0 Å². The Morgan fingerprint density at radius 3 is 2.86 bits per heavy atom. The number of aromatic nitrogens is 2. The Balaban J connectivity index is 1.59. The van der Waals surface area contributed by atoms with Crippen LogP contribution in [-0.4, -0.2) is 41.5 Å². The van der Waals surface area contributed by atoms with Gasteiger partial charge in [0.25, 0.3) is 0 Å². The zero-order valence-electron chi connectivity index (χ0n) is 12.6. The lowest BCUT2D eigenvalue weighted by molar-refractivity contribution is 0.152. The summed E-state index contributed by atoms with van der Waals surface area (Å²) in [6.07, 6.45) is 5.08. The van der Waals surface area contributed by atoms with E-state index in [0.717, 1.165) is 26.2 Å². The van der Waals surface area contributed by atoms with Gasteiger partial charge in [-0.1, -0.05) is 24.3 Å². The van der Waals surface area contributed by atoms with Crippen LogP contribution in [0.15, 0.2) is 42.7 Å². The maximum absolute atomic E-state index is 5.27. The first-order valence-corrected chi connectivity index (χ1v) is 7.60. The third-order valence-corrected chi connectivity index (χ3v) is 4.07. The van der Waals surface area contributed by atoms with Crippen LogP contribution in [0, 0.1) is 5.92 Å². The Kier molecular flexibility index (Phi) is 4.68. The molecule has 1 aromatic heterocycles. The summed E-state index contributed by atoms with van der Waals surface area (Å²) in [5.41, 5.74) is 2.70. The Labute approximate surface area is 126 Å². The van der Waals surface area contributed by atoms with Gasteiger partial charge >= 0.3 is 0 Å². The minimum absolute atomic E-state index is 0.697. The Morgan fingerprint density at radius 1 is 1.24 bits per heavy atom. The van der Waals surface area contributed by atoms with Crippen molar-refractivity contribution in [1.29, 1.82) is 0 Å². The summed E-state index contributed by atoms with van der Waals surface area (Å²) >= 11 is 0. The summed E-state index contributed by atoms with van der Waals surface area (Å²) in [4.78, 5) is 2.52. The maximum Gasteiger partial charge on any atom is 0.0659 e. The lowest BCUT2D eigenvalue weighted by Gasteiger charge is -2.16. The van der Waals surface area contributed by atoms with Gasteiger partial charge in [0.2, 0.25) is 0 Å². The van der Waals surface area contributed by atoms with E-state index < -0.39 is 0 Å². The number of benzene rings is 1. The third kappa shape index (κ3) is 3.93. The average molecular weight is 285 g/mol. The van der Waals surface area contributed by atoms with Crippen LogP contribution in [-0.2, 0) is 17.8 Å². The summed E-state index contributed by atoms with van der Waals surface area (Å²) < 4.78 is 7.23. The molecule has 0 unspecified atom stereocenters. The number of likely N-dealkylation sites (tertiary alicyclic amines) is 1. The molecule has 2 aromatic rings. The molecule has 112 valence electrons. The van der Waals surface area contributed by atoms with Crippen molar-refractivity contribution in [3.63, 3.8) is 0 Å². The van der Waals surface area contributed by atoms with E-state index in [0.29, 0.717) is 5.92 Å². The summed E-state index contributed by atoms with van der Waals surface area (Å²) in [5.74, 6) is 0.697. The van der Waals surface area contributed by atoms with E-state index in [9.17, 15) is 0 Å². The van der Waals surface area contributed by atoms with Crippen molar-refractivity contribution < 1.29 is 4.74 Å². The minimum atomic E-state index is 0.697. The highest BCUT2D eigenvalue weighted by atomic mass is 16.5. The number of nitrogens with zero attached hydrogens (tertiary/aromatic N) is 3. The highest BCUT2D eigenvalue weighted by molar-refractivity contribution is 5.23. The van der Waals surface area contributed by atoms with Crippen molar-refractivity contribution in [3.8, 4) is 0 Å². The fourth-order valence-corrected chi connectivity index (χ4v) is 3.09. The number of hydrogen-bond donors (Lipinski definition) is 0. The van der Waals surface area contributed by atoms with Gasteiger partial charge in [0.1, 0.15) is 0 Å². The maximum atomic E-state index is 5.27. The van der Waals surface area contributed by atoms with Gasteiger partial charge in [-0.3, -0.25) is 9.58 Å². The fourth-order valence-electron chi connectivity index (χ4n) is 3.09. The summed E-state index contributed by atoms with van der Waals surface area (Å²) in [5, 5.41) is 4.27. The molecule has 0 radical (unpaired) electrons. The van der Waals surface area contributed by atoms with Gasteiger partial charge in [-0.15, -0.1) is 0 Å². The standard InChI is InChI=1S/C17H23N3O/c1-21-14-17-6-9-19(12-17)11-15-4-2-5-16(10-15)13-20-8-3-7-18-20/h2-5,7-8,10,17H,6,9,11-14H2,1H3/t17-/m0/s1. The second-order valence-corrected chi connectivity index (χ2v) is 5.87. The van der Waals surface area contributed by atoms with Gasteiger partial charge in [0.15, 0.2) is 0 Å². The SMILES string of the molecule is COC[C@H]1CCN(Cc2cccc(Cn3cccn3)c2)C1. The molecule has 1 fully saturated rings. The van der Waals surface area contributed by atoms with Crippen LogP contribution in [0.25, 0.3) is 0 Å². The minimum Gasteiger partial charge on any atom is -0.384 e. The molecule has 1 aliphatic heterocycles. The molecular weight excluding hydrogens is 262 g/mol. The van der Waals surface area contributed by atoms with E-state index in [1.54, 1.807) is 7.11 Å². The molecule has 4 heteroatoms. The molecule has 1 aromatic carbocycles. The normalized spacial score (nSPS) is 19.2. The first kappa shape index (κ1) is 14.3. The van der Waals surface area contributed by atoms with Gasteiger partial charge in [0.05, 0.1) is 13.2 Å². The third-order valence-electron chi connectivity index (χ3n) is 4.07. The molecular formula is C17H23N3O. The van der Waals surface area contributed by atoms with E-state index in [1.165, 1.54) is 24.1 Å². The molecule has 0 aliphatic carbocycles. The van der Waals surface area contributed by atoms with Gasteiger partial charge in [-0.25, -0.2) is 0 Å². The van der Waals surface area contributed by atoms with Crippen LogP contribution in [0.3, 0.4) is 0 Å². The molecule has 0 saturated carbocycles. The zero-order chi connectivity index (χ0) is 14.5. The number of methoxy groups -OCH3 is 1. The van der Waals surface area contributed by atoms with Gasteiger partial charge in [0, 0.05) is 32.6 Å². The number of ether oxygens (including phenoxy) is 1. The van der Waals surface area contributed by atoms with Crippen LogP contribution >= 0.6 is 0 Å². The molecule has 0 N–H and O–H groups in total. The molecule has 1 aliphatic rings. The predicted molar refractivity (Wildman–Crippen MR) is 83.0 cm³/mol. The van der Waals surface area contributed by atoms with Crippen molar-refractivity contribution in [2.24, 2.45) is 5.92 Å². The summed E-state index contributed by atoms with van der Waals surface area (Å²) in [6.45, 7) is 5.09. The average Bonchev–Trinajstić information content (AvgIpc) is 3.12. The van der Waals surface area contributed by atoms with E-state index in [4.69, 9.17) is 4.74 Å². The largest absolute Gasteiger partial charge is 0.384 e. The molecule has 21 heavy (non-hydrogen) atoms. The van der Waals surface area contributed by atoms with Crippen LogP contribution in [0.1, 0.15) is 17.5 Å². The van der Waals surface area contributed by atoms with Crippen molar-refractivity contribution in [1.82, 2.24) is 14.7 Å². The summed E-state index contributed by atoms with van der Waals surface area (Å²) in [7, 11) is 1.79. The smallest absolute Gasteiger partial charge is 0.0659 e. The van der Waals surface area contributed by atoms with E-state index in [1.807, 2.05) is 23.1 Å². The molecule has 3 rings (SSSR count). The molecule has 0 bridgehead atoms. The first-order chi connectivity index (χ1) is 10.3. The van der Waals surface area contributed by atoms with Gasteiger partial charge in [-0.2, -0.15) is 5.10 Å². The lowest BCUT2D eigenvalue weighted by Crippen LogP contribution is -2.21. The van der Waals surface area contributed by atoms with E-state index >= 15 is 0 Å². The van der Waals surface area contributed by atoms with Crippen LogP contribution in [0.5, 0.6) is 0 Å². The molecule has 1 saturated heterocycles. The highest BCUT2D eigenvalue weighted by Gasteiger charge is 2.22. The van der Waals surface area contributed by atoms with Crippen LogP contribution < -0.4 is 0 Å². The molecule has 2 heterocycles. The fraction of sp³-hybridized carbons (Fsp3) is 0.471. The van der Waals surface area contributed by atoms with Gasteiger partial charge in [-0.05, 0) is 36.1 Å². The van der Waals surface area contributed by atoms with Crippen molar-refractivity contribution in [2.75, 3.05) is 26.8 Å². The highest BCUT2D eigenvalue weighted by Crippen LogP contribution is 2.19. The van der Waals surface area contributed by atoms with Crippen molar-refractivity contribution in [3.05, 3.63) is 53.9 Å². The predicted octanol–water partition coefficient (Wildman–Crippen LogP) is 2.40. The molecule has 1 atom stereocenters. The Morgan fingerprint density at radius 2 is 2.10 bits per heavy atom. The second-order valence-electron chi connectivity index (χ2n) is 5.87. The number of hydrogen-bond acceptors (Lipinski definition) is 3. The Hall–Kier alpha value is -1.65. The summed E-state index contributed by atoms with van der Waals surface area (Å²) in [6, 6.07) is 10.8. The Bertz CT molecular complexity index is 553. The van der Waals surface area contributed by atoms with Crippen molar-refractivity contribution >= 4 is 0 Å². The van der Waals surface area contributed by atoms with Crippen molar-refractivity contribution in [2.45, 2.75) is 19.5 Å². The van der Waals surface area contributed by atoms with Crippen LogP contribution in [0.4, 0.5) is 0 Å². The molecule has 0 spiro atoms. The quantitative estimate of drug-likeness (QED) is 0.816. The van der Waals surface area contributed by atoms with E-state index in [-0.39, 0.29) is 0 Å². The first-order valence-electron chi connectivity index (χ1n) is 7.60. The van der Waals surface area contributed by atoms with E-state index in [2.05, 4.69) is 34.3 Å². The monoisotopic (exact) mass is 285 g/mol.